The number of hydrogen-bond acceptors (Lipinski definition) is 4. The van der Waals surface area contributed by atoms with Gasteiger partial charge in [0.1, 0.15) is 0 Å². The van der Waals surface area contributed by atoms with E-state index in [0.717, 1.165) is 18.4 Å². The maximum Gasteiger partial charge on any atom is 0.318 e. The van der Waals surface area contributed by atoms with Crippen LogP contribution in [0.5, 0.6) is 0 Å². The molecule has 7 nitrogen and oxygen atoms in total. The molecular weight excluding hydrogens is 404 g/mol. The van der Waals surface area contributed by atoms with Gasteiger partial charge in [0.2, 0.25) is 0 Å². The Hall–Kier alpha value is -4.00. The Morgan fingerprint density at radius 3 is 2.50 bits per heavy atom. The number of aryl methyl sites for hydroxylation is 1. The number of carbonyl (C=O) groups is 1. The maximum absolute atomic E-state index is 12.6. The summed E-state index contributed by atoms with van der Waals surface area (Å²) in [4.78, 5) is 43.7. The second-order valence-electron chi connectivity index (χ2n) is 7.82. The first-order valence-electron chi connectivity index (χ1n) is 10.5. The quantitative estimate of drug-likeness (QED) is 0.443. The molecule has 0 bridgehead atoms. The number of carbonyl (C=O) groups excluding carboxylic acids is 1. The van der Waals surface area contributed by atoms with Gasteiger partial charge < -0.3 is 10.3 Å². The molecule has 4 aromatic rings. The van der Waals surface area contributed by atoms with E-state index < -0.39 is 11.1 Å². The van der Waals surface area contributed by atoms with E-state index in [4.69, 9.17) is 0 Å². The van der Waals surface area contributed by atoms with Crippen LogP contribution >= 0.6 is 0 Å². The van der Waals surface area contributed by atoms with Gasteiger partial charge >= 0.3 is 11.1 Å². The third-order valence-electron chi connectivity index (χ3n) is 5.37. The molecule has 0 radical (unpaired) electrons. The third-order valence-corrected chi connectivity index (χ3v) is 5.37. The molecule has 32 heavy (non-hydrogen) atoms. The van der Waals surface area contributed by atoms with Crippen molar-refractivity contribution in [1.29, 1.82) is 0 Å². The molecule has 0 aliphatic rings. The molecule has 0 saturated heterocycles. The van der Waals surface area contributed by atoms with Crippen LogP contribution in [0.4, 0.5) is 0 Å². The van der Waals surface area contributed by atoms with Crippen molar-refractivity contribution in [2.45, 2.75) is 32.4 Å². The summed E-state index contributed by atoms with van der Waals surface area (Å²) in [5.41, 5.74) is 2.13. The number of aromatic amines is 1. The fraction of sp³-hybridized carbons (Fsp3) is 0.200. The van der Waals surface area contributed by atoms with Crippen LogP contribution in [0.2, 0.25) is 0 Å². The molecule has 1 amide bonds. The molecule has 0 unspecified atom stereocenters. The SMILES string of the molecule is C[C@H](CCc1ccccc1)NC(=O)c1ccc(Cn2c(=O)c(=O)[nH]c3cccnc32)cc1. The first kappa shape index (κ1) is 21.2. The summed E-state index contributed by atoms with van der Waals surface area (Å²) in [6, 6.07) is 20.6. The predicted octanol–water partition coefficient (Wildman–Crippen LogP) is 2.88. The Balaban J connectivity index is 1.43. The van der Waals surface area contributed by atoms with Gasteiger partial charge in [-0.25, -0.2) is 4.98 Å². The minimum atomic E-state index is -0.689. The second-order valence-corrected chi connectivity index (χ2v) is 7.82. The normalized spacial score (nSPS) is 11.9. The highest BCUT2D eigenvalue weighted by Crippen LogP contribution is 2.10. The minimum absolute atomic E-state index is 0.0365. The number of nitrogens with one attached hydrogen (secondary N) is 2. The molecule has 1 atom stereocenters. The highest BCUT2D eigenvalue weighted by Gasteiger charge is 2.12. The minimum Gasteiger partial charge on any atom is -0.350 e. The summed E-state index contributed by atoms with van der Waals surface area (Å²) < 4.78 is 1.34. The highest BCUT2D eigenvalue weighted by molar-refractivity contribution is 5.94. The average molecular weight is 428 g/mol. The Labute approximate surface area is 184 Å². The number of hydrogen-bond donors (Lipinski definition) is 2. The zero-order valence-corrected chi connectivity index (χ0v) is 17.7. The van der Waals surface area contributed by atoms with Crippen LogP contribution in [-0.4, -0.2) is 26.5 Å². The first-order chi connectivity index (χ1) is 15.5. The van der Waals surface area contributed by atoms with Crippen LogP contribution in [0.3, 0.4) is 0 Å². The Morgan fingerprint density at radius 2 is 1.75 bits per heavy atom. The number of aromatic nitrogens is 3. The lowest BCUT2D eigenvalue weighted by Gasteiger charge is -2.14. The van der Waals surface area contributed by atoms with Crippen molar-refractivity contribution in [2.24, 2.45) is 0 Å². The first-order valence-corrected chi connectivity index (χ1v) is 10.5. The van der Waals surface area contributed by atoms with Gasteiger partial charge in [-0.15, -0.1) is 0 Å². The van der Waals surface area contributed by atoms with Crippen LogP contribution < -0.4 is 16.4 Å². The second kappa shape index (κ2) is 9.43. The van der Waals surface area contributed by atoms with Crippen molar-refractivity contribution in [3.8, 4) is 0 Å². The molecule has 0 saturated carbocycles. The van der Waals surface area contributed by atoms with Crippen molar-refractivity contribution in [2.75, 3.05) is 0 Å². The lowest BCUT2D eigenvalue weighted by molar-refractivity contribution is 0.0938. The fourth-order valence-corrected chi connectivity index (χ4v) is 3.60. The standard InChI is InChI=1S/C25H24N4O3/c1-17(9-10-18-6-3-2-4-7-18)27-23(30)20-13-11-19(12-14-20)16-29-22-21(8-5-15-26-22)28-24(31)25(29)32/h2-8,11-15,17H,9-10,16H2,1H3,(H,27,30)(H,28,31)/t17-/m1/s1. The van der Waals surface area contributed by atoms with Crippen LogP contribution in [0.25, 0.3) is 11.2 Å². The topological polar surface area (TPSA) is 96.9 Å². The van der Waals surface area contributed by atoms with Crippen molar-refractivity contribution in [3.05, 3.63) is 110 Å². The van der Waals surface area contributed by atoms with E-state index in [1.807, 2.05) is 25.1 Å². The maximum atomic E-state index is 12.6. The summed E-state index contributed by atoms with van der Waals surface area (Å²) >= 11 is 0. The molecule has 0 spiro atoms. The van der Waals surface area contributed by atoms with Crippen LogP contribution in [0, 0.1) is 0 Å². The molecule has 162 valence electrons. The molecule has 7 heteroatoms. The number of rotatable bonds is 7. The van der Waals surface area contributed by atoms with Crippen LogP contribution in [0.1, 0.15) is 34.8 Å². The number of benzene rings is 2. The van der Waals surface area contributed by atoms with Gasteiger partial charge in [-0.2, -0.15) is 0 Å². The molecule has 2 N–H and O–H groups in total. The molecule has 2 heterocycles. The molecular formula is C25H24N4O3. The van der Waals surface area contributed by atoms with Crippen LogP contribution in [-0.2, 0) is 13.0 Å². The van der Waals surface area contributed by atoms with Gasteiger partial charge in [0, 0.05) is 17.8 Å². The number of H-pyrrole nitrogens is 1. The average Bonchev–Trinajstić information content (AvgIpc) is 2.81. The van der Waals surface area contributed by atoms with E-state index in [2.05, 4.69) is 27.4 Å². The van der Waals surface area contributed by atoms with Gasteiger partial charge in [0.25, 0.3) is 5.91 Å². The van der Waals surface area contributed by atoms with Crippen molar-refractivity contribution >= 4 is 17.1 Å². The lowest BCUT2D eigenvalue weighted by atomic mass is 10.1. The van der Waals surface area contributed by atoms with Crippen molar-refractivity contribution in [3.63, 3.8) is 0 Å². The summed E-state index contributed by atoms with van der Waals surface area (Å²) in [6.45, 7) is 2.18. The van der Waals surface area contributed by atoms with E-state index in [1.54, 1.807) is 42.6 Å². The summed E-state index contributed by atoms with van der Waals surface area (Å²) in [5, 5.41) is 3.03. The molecule has 0 fully saturated rings. The molecule has 4 rings (SSSR count). The molecule has 2 aromatic heterocycles. The van der Waals surface area contributed by atoms with Crippen molar-refractivity contribution < 1.29 is 4.79 Å². The van der Waals surface area contributed by atoms with E-state index in [-0.39, 0.29) is 18.5 Å². The Bertz CT molecular complexity index is 1340. The molecule has 0 aliphatic heterocycles. The Kier molecular flexibility index (Phi) is 6.26. The number of nitrogens with zero attached hydrogens (tertiary/aromatic N) is 2. The Morgan fingerprint density at radius 1 is 1.00 bits per heavy atom. The van der Waals surface area contributed by atoms with E-state index >= 15 is 0 Å². The fourth-order valence-electron chi connectivity index (χ4n) is 3.60. The smallest absolute Gasteiger partial charge is 0.318 e. The summed E-state index contributed by atoms with van der Waals surface area (Å²) in [5.74, 6) is -0.141. The van der Waals surface area contributed by atoms with E-state index in [0.29, 0.717) is 16.7 Å². The lowest BCUT2D eigenvalue weighted by Crippen LogP contribution is -2.37. The van der Waals surface area contributed by atoms with Gasteiger partial charge in [-0.1, -0.05) is 42.5 Å². The third kappa shape index (κ3) is 4.83. The number of fused-ring (bicyclic) bond motifs is 1. The molecule has 2 aromatic carbocycles. The molecule has 0 aliphatic carbocycles. The van der Waals surface area contributed by atoms with E-state index in [1.165, 1.54) is 10.1 Å². The summed E-state index contributed by atoms with van der Waals surface area (Å²) in [7, 11) is 0. The van der Waals surface area contributed by atoms with Gasteiger partial charge in [-0.05, 0) is 55.2 Å². The largest absolute Gasteiger partial charge is 0.350 e. The highest BCUT2D eigenvalue weighted by atomic mass is 16.2. The number of pyridine rings is 1. The summed E-state index contributed by atoms with van der Waals surface area (Å²) in [6.07, 6.45) is 3.32. The van der Waals surface area contributed by atoms with Gasteiger partial charge in [-0.3, -0.25) is 19.0 Å². The van der Waals surface area contributed by atoms with E-state index in [9.17, 15) is 14.4 Å². The zero-order valence-electron chi connectivity index (χ0n) is 17.7. The van der Waals surface area contributed by atoms with Gasteiger partial charge in [0.15, 0.2) is 5.65 Å². The number of amides is 1. The van der Waals surface area contributed by atoms with Crippen molar-refractivity contribution in [1.82, 2.24) is 19.9 Å². The monoisotopic (exact) mass is 428 g/mol. The van der Waals surface area contributed by atoms with Gasteiger partial charge in [0.05, 0.1) is 12.1 Å². The van der Waals surface area contributed by atoms with Crippen LogP contribution in [0.15, 0.2) is 82.5 Å². The predicted molar refractivity (Wildman–Crippen MR) is 124 cm³/mol. The zero-order chi connectivity index (χ0) is 22.5.